The van der Waals surface area contributed by atoms with E-state index in [1.807, 2.05) is 30.3 Å². The van der Waals surface area contributed by atoms with Crippen LogP contribution in [0.5, 0.6) is 0 Å². The summed E-state index contributed by atoms with van der Waals surface area (Å²) in [5.74, 6) is -1.00. The molecule has 0 saturated heterocycles. The Morgan fingerprint density at radius 2 is 2.05 bits per heavy atom. The lowest BCUT2D eigenvalue weighted by atomic mass is 10.1. The minimum absolute atomic E-state index is 0.186. The van der Waals surface area contributed by atoms with Gasteiger partial charge in [-0.05, 0) is 30.4 Å². The maximum Gasteiger partial charge on any atom is 0.311 e. The van der Waals surface area contributed by atoms with Gasteiger partial charge in [0, 0.05) is 11.2 Å². The number of benzene rings is 1. The fraction of sp³-hybridized carbons (Fsp3) is 0.286. The molecule has 1 saturated carbocycles. The fourth-order valence-corrected chi connectivity index (χ4v) is 3.03. The highest BCUT2D eigenvalue weighted by molar-refractivity contribution is 7.20. The number of amides is 1. The number of thiophene rings is 1. The second kappa shape index (κ2) is 4.35. The lowest BCUT2D eigenvalue weighted by molar-refractivity contribution is -0.143. The van der Waals surface area contributed by atoms with E-state index in [9.17, 15) is 9.59 Å². The van der Waals surface area contributed by atoms with E-state index in [1.54, 1.807) is 0 Å². The first-order valence-corrected chi connectivity index (χ1v) is 6.93. The number of carboxylic acid groups (broad SMARTS) is 1. The van der Waals surface area contributed by atoms with Crippen molar-refractivity contribution in [2.75, 3.05) is 6.54 Å². The zero-order valence-electron chi connectivity index (χ0n) is 10.2. The number of carbonyl (C=O) groups excluding carboxylic acids is 1. The van der Waals surface area contributed by atoms with Crippen LogP contribution in [-0.2, 0) is 4.79 Å². The van der Waals surface area contributed by atoms with Gasteiger partial charge in [0.15, 0.2) is 0 Å². The molecule has 0 radical (unpaired) electrons. The largest absolute Gasteiger partial charge is 0.481 e. The molecule has 1 heterocycles. The number of aliphatic carboxylic acids is 1. The van der Waals surface area contributed by atoms with Gasteiger partial charge in [0.1, 0.15) is 0 Å². The molecule has 1 fully saturated rings. The van der Waals surface area contributed by atoms with Gasteiger partial charge >= 0.3 is 5.97 Å². The molecule has 98 valence electrons. The Kier molecular flexibility index (Phi) is 2.78. The lowest BCUT2D eigenvalue weighted by Crippen LogP contribution is -2.33. The molecule has 3 rings (SSSR count). The number of hydrogen-bond donors (Lipinski definition) is 2. The standard InChI is InChI=1S/C14H13NO3S/c16-12(15-8-14(5-6-14)13(17)18)11-7-9-3-1-2-4-10(9)19-11/h1-4,7H,5-6,8H2,(H,15,16)(H,17,18). The van der Waals surface area contributed by atoms with Crippen LogP contribution in [0.15, 0.2) is 30.3 Å². The normalized spacial score (nSPS) is 16.2. The highest BCUT2D eigenvalue weighted by atomic mass is 32.1. The van der Waals surface area contributed by atoms with Gasteiger partial charge in [0.05, 0.1) is 10.3 Å². The van der Waals surface area contributed by atoms with Gasteiger partial charge in [0.25, 0.3) is 5.91 Å². The van der Waals surface area contributed by atoms with E-state index in [1.165, 1.54) is 11.3 Å². The summed E-state index contributed by atoms with van der Waals surface area (Å²) in [6, 6.07) is 9.64. The van der Waals surface area contributed by atoms with Gasteiger partial charge in [-0.15, -0.1) is 11.3 Å². The molecule has 4 nitrogen and oxygen atoms in total. The SMILES string of the molecule is O=C(NCC1(C(=O)O)CC1)c1cc2ccccc2s1. The van der Waals surface area contributed by atoms with E-state index in [2.05, 4.69) is 5.32 Å². The summed E-state index contributed by atoms with van der Waals surface area (Å²) in [5.41, 5.74) is -0.716. The first-order valence-electron chi connectivity index (χ1n) is 6.11. The van der Waals surface area contributed by atoms with Crippen LogP contribution < -0.4 is 5.32 Å². The number of carboxylic acids is 1. The Balaban J connectivity index is 1.72. The summed E-state index contributed by atoms with van der Waals surface area (Å²) < 4.78 is 1.06. The number of rotatable bonds is 4. The molecule has 2 N–H and O–H groups in total. The van der Waals surface area contributed by atoms with Crippen molar-refractivity contribution in [2.45, 2.75) is 12.8 Å². The molecule has 1 aliphatic carbocycles. The average Bonchev–Trinajstić information content (AvgIpc) is 3.07. The summed E-state index contributed by atoms with van der Waals surface area (Å²) in [4.78, 5) is 23.7. The molecule has 5 heteroatoms. The van der Waals surface area contributed by atoms with Crippen LogP contribution in [0.1, 0.15) is 22.5 Å². The van der Waals surface area contributed by atoms with Gasteiger partial charge in [-0.1, -0.05) is 18.2 Å². The van der Waals surface area contributed by atoms with E-state index in [0.717, 1.165) is 10.1 Å². The van der Waals surface area contributed by atoms with Crippen molar-refractivity contribution in [1.82, 2.24) is 5.32 Å². The van der Waals surface area contributed by atoms with Crippen molar-refractivity contribution in [3.8, 4) is 0 Å². The van der Waals surface area contributed by atoms with E-state index in [0.29, 0.717) is 17.7 Å². The zero-order chi connectivity index (χ0) is 13.5. The van der Waals surface area contributed by atoms with Crippen LogP contribution in [0.2, 0.25) is 0 Å². The summed E-state index contributed by atoms with van der Waals surface area (Å²) in [6.45, 7) is 0.218. The first kappa shape index (κ1) is 12.2. The van der Waals surface area contributed by atoms with Crippen LogP contribution in [0.3, 0.4) is 0 Å². The minimum atomic E-state index is -0.816. The smallest absolute Gasteiger partial charge is 0.311 e. The minimum Gasteiger partial charge on any atom is -0.481 e. The van der Waals surface area contributed by atoms with Crippen molar-refractivity contribution in [3.63, 3.8) is 0 Å². The molecule has 0 atom stereocenters. The quantitative estimate of drug-likeness (QED) is 0.901. The van der Waals surface area contributed by atoms with E-state index in [-0.39, 0.29) is 12.5 Å². The molecule has 1 aliphatic rings. The van der Waals surface area contributed by atoms with Crippen molar-refractivity contribution in [3.05, 3.63) is 35.2 Å². The van der Waals surface area contributed by atoms with Crippen LogP contribution in [0, 0.1) is 5.41 Å². The monoisotopic (exact) mass is 275 g/mol. The topological polar surface area (TPSA) is 66.4 Å². The summed E-state index contributed by atoms with van der Waals surface area (Å²) >= 11 is 1.43. The Hall–Kier alpha value is -1.88. The fourth-order valence-electron chi connectivity index (χ4n) is 2.05. The van der Waals surface area contributed by atoms with Gasteiger partial charge in [-0.2, -0.15) is 0 Å². The maximum absolute atomic E-state index is 12.0. The second-order valence-corrected chi connectivity index (χ2v) is 6.00. The lowest BCUT2D eigenvalue weighted by Gasteiger charge is -2.09. The molecule has 0 spiro atoms. The Bertz CT molecular complexity index is 625. The predicted molar refractivity (Wildman–Crippen MR) is 73.5 cm³/mol. The average molecular weight is 275 g/mol. The van der Waals surface area contributed by atoms with E-state index in [4.69, 9.17) is 5.11 Å². The number of fused-ring (bicyclic) bond motifs is 1. The number of carbonyl (C=O) groups is 2. The maximum atomic E-state index is 12.0. The number of hydrogen-bond acceptors (Lipinski definition) is 3. The molecule has 0 unspecified atom stereocenters. The van der Waals surface area contributed by atoms with Crippen molar-refractivity contribution in [2.24, 2.45) is 5.41 Å². The molecule has 19 heavy (non-hydrogen) atoms. The number of nitrogens with one attached hydrogen (secondary N) is 1. The van der Waals surface area contributed by atoms with Gasteiger partial charge < -0.3 is 10.4 Å². The van der Waals surface area contributed by atoms with E-state index < -0.39 is 11.4 Å². The highest BCUT2D eigenvalue weighted by Gasteiger charge is 2.50. The third-order valence-electron chi connectivity index (χ3n) is 3.54. The molecule has 0 aliphatic heterocycles. The third-order valence-corrected chi connectivity index (χ3v) is 4.66. The zero-order valence-corrected chi connectivity index (χ0v) is 11.0. The third kappa shape index (κ3) is 2.21. The first-order chi connectivity index (χ1) is 9.11. The van der Waals surface area contributed by atoms with Crippen LogP contribution >= 0.6 is 11.3 Å². The molecular weight excluding hydrogens is 262 g/mol. The molecule has 1 amide bonds. The van der Waals surface area contributed by atoms with Crippen molar-refractivity contribution in [1.29, 1.82) is 0 Å². The predicted octanol–water partition coefficient (Wildman–Crippen LogP) is 2.50. The Labute approximate surface area is 114 Å². The Morgan fingerprint density at radius 3 is 2.68 bits per heavy atom. The van der Waals surface area contributed by atoms with Gasteiger partial charge in [-0.3, -0.25) is 9.59 Å². The summed E-state index contributed by atoms with van der Waals surface area (Å²) in [7, 11) is 0. The molecule has 1 aromatic heterocycles. The summed E-state index contributed by atoms with van der Waals surface area (Å²) in [6.07, 6.45) is 1.30. The van der Waals surface area contributed by atoms with Crippen molar-refractivity contribution < 1.29 is 14.7 Å². The molecular formula is C14H13NO3S. The van der Waals surface area contributed by atoms with E-state index >= 15 is 0 Å². The second-order valence-electron chi connectivity index (χ2n) is 4.92. The summed E-state index contributed by atoms with van der Waals surface area (Å²) in [5, 5.41) is 12.8. The van der Waals surface area contributed by atoms with Crippen LogP contribution in [-0.4, -0.2) is 23.5 Å². The molecule has 0 bridgehead atoms. The molecule has 2 aromatic rings. The van der Waals surface area contributed by atoms with Crippen molar-refractivity contribution >= 4 is 33.3 Å². The molecule has 1 aromatic carbocycles. The van der Waals surface area contributed by atoms with Gasteiger partial charge in [0.2, 0.25) is 0 Å². The Morgan fingerprint density at radius 1 is 1.32 bits per heavy atom. The van der Waals surface area contributed by atoms with Crippen LogP contribution in [0.25, 0.3) is 10.1 Å². The van der Waals surface area contributed by atoms with Crippen LogP contribution in [0.4, 0.5) is 0 Å². The highest BCUT2D eigenvalue weighted by Crippen LogP contribution is 2.45. The van der Waals surface area contributed by atoms with Gasteiger partial charge in [-0.25, -0.2) is 0 Å².